The number of hydrogen-bond acceptors (Lipinski definition) is 1. The first-order valence-electron chi connectivity index (χ1n) is 3.82. The number of aryl methyl sites for hydroxylation is 1. The number of rotatable bonds is 2. The van der Waals surface area contributed by atoms with E-state index in [-0.39, 0.29) is 18.0 Å². The van der Waals surface area contributed by atoms with Crippen molar-refractivity contribution in [2.45, 2.75) is 19.4 Å². The van der Waals surface area contributed by atoms with E-state index in [0.717, 1.165) is 6.07 Å². The number of benzene rings is 1. The van der Waals surface area contributed by atoms with Crippen LogP contribution in [0.3, 0.4) is 0 Å². The molecule has 0 bridgehead atoms. The quantitative estimate of drug-likeness (QED) is 0.823. The second-order valence-electron chi connectivity index (χ2n) is 2.89. The zero-order valence-corrected chi connectivity index (χ0v) is 8.32. The molecule has 1 rings (SSSR count). The van der Waals surface area contributed by atoms with Gasteiger partial charge in [0.15, 0.2) is 0 Å². The van der Waals surface area contributed by atoms with Crippen LogP contribution in [-0.2, 0) is 0 Å². The summed E-state index contributed by atoms with van der Waals surface area (Å²) in [5.74, 6) is -0.682. The molecule has 0 aromatic heterocycles. The van der Waals surface area contributed by atoms with E-state index in [4.69, 9.17) is 5.73 Å². The maximum Gasteiger partial charge on any atom is 0.257 e. The Labute approximate surface area is 86.5 Å². The van der Waals surface area contributed by atoms with Gasteiger partial charge < -0.3 is 5.73 Å². The molecule has 0 aliphatic carbocycles. The number of halogens is 4. The zero-order chi connectivity index (χ0) is 10.0. The summed E-state index contributed by atoms with van der Waals surface area (Å²) in [4.78, 5) is 0. The number of nitrogens with two attached hydrogens (primary N) is 1. The van der Waals surface area contributed by atoms with Crippen LogP contribution < -0.4 is 5.73 Å². The molecule has 0 aliphatic heterocycles. The molecular weight excluding hydrogens is 215 g/mol. The molecule has 0 heterocycles. The highest BCUT2D eigenvalue weighted by Crippen LogP contribution is 2.21. The van der Waals surface area contributed by atoms with E-state index in [1.54, 1.807) is 6.92 Å². The van der Waals surface area contributed by atoms with Crippen molar-refractivity contribution in [2.75, 3.05) is 0 Å². The molecule has 2 N–H and O–H groups in total. The summed E-state index contributed by atoms with van der Waals surface area (Å²) >= 11 is 0. The van der Waals surface area contributed by atoms with E-state index in [1.807, 2.05) is 0 Å². The molecule has 1 nitrogen and oxygen atoms in total. The van der Waals surface area contributed by atoms with E-state index >= 15 is 0 Å². The van der Waals surface area contributed by atoms with Gasteiger partial charge in [0.2, 0.25) is 0 Å². The molecule has 14 heavy (non-hydrogen) atoms. The van der Waals surface area contributed by atoms with Crippen molar-refractivity contribution in [1.29, 1.82) is 0 Å². The Morgan fingerprint density at radius 2 is 1.86 bits per heavy atom. The Balaban J connectivity index is 0.00000169. The van der Waals surface area contributed by atoms with Crippen molar-refractivity contribution in [3.05, 3.63) is 35.1 Å². The van der Waals surface area contributed by atoms with Gasteiger partial charge in [-0.05, 0) is 13.0 Å². The van der Waals surface area contributed by atoms with Crippen LogP contribution in [0.4, 0.5) is 13.2 Å². The molecule has 5 heteroatoms. The highest BCUT2D eigenvalue weighted by molar-refractivity contribution is 5.85. The van der Waals surface area contributed by atoms with Gasteiger partial charge in [-0.3, -0.25) is 0 Å². The highest BCUT2D eigenvalue weighted by Gasteiger charge is 2.20. The molecule has 1 aromatic carbocycles. The maximum absolute atomic E-state index is 13.0. The summed E-state index contributed by atoms with van der Waals surface area (Å²) < 4.78 is 37.2. The first-order chi connectivity index (χ1) is 6.02. The fourth-order valence-corrected chi connectivity index (χ4v) is 1.05. The van der Waals surface area contributed by atoms with Gasteiger partial charge in [0.1, 0.15) is 5.82 Å². The van der Waals surface area contributed by atoms with Crippen LogP contribution in [0.25, 0.3) is 0 Å². The molecule has 80 valence electrons. The molecule has 0 amide bonds. The maximum atomic E-state index is 13.0. The van der Waals surface area contributed by atoms with Crippen LogP contribution in [0.2, 0.25) is 0 Å². The largest absolute Gasteiger partial charge is 0.319 e. The molecule has 0 fully saturated rings. The minimum atomic E-state index is -2.74. The molecular formula is C9H11ClF3N. The van der Waals surface area contributed by atoms with Gasteiger partial charge in [-0.25, -0.2) is 13.2 Å². The van der Waals surface area contributed by atoms with Gasteiger partial charge in [-0.2, -0.15) is 0 Å². The summed E-state index contributed by atoms with van der Waals surface area (Å²) in [5, 5.41) is 0. The number of alkyl halides is 2. The Hall–Kier alpha value is -0.740. The van der Waals surface area contributed by atoms with E-state index in [1.165, 1.54) is 12.1 Å². The molecule has 0 saturated heterocycles. The van der Waals surface area contributed by atoms with Gasteiger partial charge in [0, 0.05) is 5.56 Å². The lowest BCUT2D eigenvalue weighted by molar-refractivity contribution is 0.115. The molecule has 0 aliphatic rings. The van der Waals surface area contributed by atoms with Gasteiger partial charge in [0.25, 0.3) is 6.43 Å². The predicted molar refractivity (Wildman–Crippen MR) is 51.3 cm³/mol. The minimum Gasteiger partial charge on any atom is -0.319 e. The first kappa shape index (κ1) is 13.3. The smallest absolute Gasteiger partial charge is 0.257 e. The van der Waals surface area contributed by atoms with E-state index in [2.05, 4.69) is 0 Å². The monoisotopic (exact) mass is 225 g/mol. The molecule has 1 atom stereocenters. The third-order valence-corrected chi connectivity index (χ3v) is 1.78. The topological polar surface area (TPSA) is 26.0 Å². The standard InChI is InChI=1S/C9H10F3N.ClH/c1-5-2-3-7(10)6(4-5)8(13)9(11)12;/h2-4,8-9H,13H2,1H3;1H/t8-;/m0./s1. The third-order valence-electron chi connectivity index (χ3n) is 1.78. The normalized spacial score (nSPS) is 12.4. The molecule has 0 radical (unpaired) electrons. The highest BCUT2D eigenvalue weighted by atomic mass is 35.5. The molecule has 0 unspecified atom stereocenters. The predicted octanol–water partition coefficient (Wildman–Crippen LogP) is 2.82. The SMILES string of the molecule is Cc1ccc(F)c([C@H](N)C(F)F)c1.Cl. The molecule has 0 spiro atoms. The van der Waals surface area contributed by atoms with Crippen molar-refractivity contribution >= 4 is 12.4 Å². The van der Waals surface area contributed by atoms with Crippen molar-refractivity contribution in [3.8, 4) is 0 Å². The second-order valence-corrected chi connectivity index (χ2v) is 2.89. The summed E-state index contributed by atoms with van der Waals surface area (Å²) in [6.07, 6.45) is -2.74. The van der Waals surface area contributed by atoms with Crippen molar-refractivity contribution in [2.24, 2.45) is 5.73 Å². The van der Waals surface area contributed by atoms with E-state index in [0.29, 0.717) is 5.56 Å². The Morgan fingerprint density at radius 1 is 1.29 bits per heavy atom. The lowest BCUT2D eigenvalue weighted by Gasteiger charge is -2.12. The first-order valence-corrected chi connectivity index (χ1v) is 3.82. The van der Waals surface area contributed by atoms with Gasteiger partial charge in [-0.1, -0.05) is 17.7 Å². The third kappa shape index (κ3) is 2.89. The van der Waals surface area contributed by atoms with Gasteiger partial charge in [-0.15, -0.1) is 12.4 Å². The fraction of sp³-hybridized carbons (Fsp3) is 0.333. The Kier molecular flexibility index (Phi) is 4.94. The van der Waals surface area contributed by atoms with E-state index < -0.39 is 18.3 Å². The minimum absolute atomic E-state index is 0. The van der Waals surface area contributed by atoms with Crippen molar-refractivity contribution in [3.63, 3.8) is 0 Å². The van der Waals surface area contributed by atoms with Crippen LogP contribution >= 0.6 is 12.4 Å². The number of hydrogen-bond donors (Lipinski definition) is 1. The average Bonchev–Trinajstić information content (AvgIpc) is 2.08. The van der Waals surface area contributed by atoms with E-state index in [9.17, 15) is 13.2 Å². The summed E-state index contributed by atoms with van der Waals surface area (Å²) in [6, 6.07) is 2.45. The van der Waals surface area contributed by atoms with Crippen molar-refractivity contribution in [1.82, 2.24) is 0 Å². The summed E-state index contributed by atoms with van der Waals surface area (Å²) in [6.45, 7) is 1.70. The molecule has 0 saturated carbocycles. The summed E-state index contributed by atoms with van der Waals surface area (Å²) in [5.41, 5.74) is 5.70. The Morgan fingerprint density at radius 3 is 2.36 bits per heavy atom. The summed E-state index contributed by atoms with van der Waals surface area (Å²) in [7, 11) is 0. The van der Waals surface area contributed by atoms with Gasteiger partial charge >= 0.3 is 0 Å². The van der Waals surface area contributed by atoms with Crippen LogP contribution in [0, 0.1) is 12.7 Å². The van der Waals surface area contributed by atoms with Crippen LogP contribution in [0.15, 0.2) is 18.2 Å². The Bertz CT molecular complexity index is 304. The van der Waals surface area contributed by atoms with Crippen LogP contribution in [-0.4, -0.2) is 6.43 Å². The van der Waals surface area contributed by atoms with Gasteiger partial charge in [0.05, 0.1) is 6.04 Å². The second kappa shape index (κ2) is 5.22. The van der Waals surface area contributed by atoms with Crippen LogP contribution in [0.5, 0.6) is 0 Å². The lowest BCUT2D eigenvalue weighted by atomic mass is 10.0. The van der Waals surface area contributed by atoms with Crippen molar-refractivity contribution < 1.29 is 13.2 Å². The zero-order valence-electron chi connectivity index (χ0n) is 7.51. The fourth-order valence-electron chi connectivity index (χ4n) is 1.05. The molecule has 1 aromatic rings. The average molecular weight is 226 g/mol. The lowest BCUT2D eigenvalue weighted by Crippen LogP contribution is -2.20. The van der Waals surface area contributed by atoms with Crippen LogP contribution in [0.1, 0.15) is 17.2 Å².